The fourth-order valence-electron chi connectivity index (χ4n) is 2.21. The maximum Gasteiger partial charge on any atom is 0.205 e. The van der Waals surface area contributed by atoms with E-state index in [0.29, 0.717) is 12.5 Å². The lowest BCUT2D eigenvalue weighted by Gasteiger charge is -2.38. The van der Waals surface area contributed by atoms with E-state index in [1.54, 1.807) is 7.11 Å². The lowest BCUT2D eigenvalue weighted by molar-refractivity contribution is 0.201. The van der Waals surface area contributed by atoms with Crippen LogP contribution in [0.2, 0.25) is 0 Å². The maximum atomic E-state index is 5.04. The average molecular weight is 358 g/mol. The zero-order valence-corrected chi connectivity index (χ0v) is 13.6. The van der Waals surface area contributed by atoms with Crippen molar-refractivity contribution in [1.82, 2.24) is 19.1 Å². The Kier molecular flexibility index (Phi) is 4.32. The normalized spacial score (nSPS) is 15.6. The van der Waals surface area contributed by atoms with E-state index in [1.165, 1.54) is 11.5 Å². The highest BCUT2D eigenvalue weighted by Crippen LogP contribution is 2.27. The van der Waals surface area contributed by atoms with Crippen LogP contribution >= 0.6 is 27.5 Å². The Morgan fingerprint density at radius 1 is 1.50 bits per heavy atom. The Morgan fingerprint density at radius 2 is 2.35 bits per heavy atom. The van der Waals surface area contributed by atoms with E-state index in [4.69, 9.17) is 4.74 Å². The Bertz CT molecular complexity index is 566. The van der Waals surface area contributed by atoms with Crippen molar-refractivity contribution in [2.75, 3.05) is 31.7 Å². The van der Waals surface area contributed by atoms with Crippen LogP contribution in [0.5, 0.6) is 0 Å². The van der Waals surface area contributed by atoms with Crippen molar-refractivity contribution in [3.05, 3.63) is 22.7 Å². The molecule has 0 unspecified atom stereocenters. The van der Waals surface area contributed by atoms with E-state index >= 15 is 0 Å². The molecule has 1 aliphatic rings. The summed E-state index contributed by atoms with van der Waals surface area (Å²) in [6.45, 7) is 3.68. The fourth-order valence-corrected chi connectivity index (χ4v) is 3.27. The number of methoxy groups -OCH3 is 1. The molecule has 1 fully saturated rings. The van der Waals surface area contributed by atoms with Crippen LogP contribution in [0.4, 0.5) is 5.13 Å². The van der Waals surface area contributed by atoms with Crippen molar-refractivity contribution in [1.29, 1.82) is 0 Å². The van der Waals surface area contributed by atoms with Crippen LogP contribution in [-0.2, 0) is 17.7 Å². The van der Waals surface area contributed by atoms with E-state index in [1.807, 2.05) is 17.1 Å². The highest BCUT2D eigenvalue weighted by Gasteiger charge is 2.29. The second-order valence-electron chi connectivity index (χ2n) is 4.89. The highest BCUT2D eigenvalue weighted by molar-refractivity contribution is 9.10. The van der Waals surface area contributed by atoms with Gasteiger partial charge < -0.3 is 9.64 Å². The monoisotopic (exact) mass is 357 g/mol. The van der Waals surface area contributed by atoms with Gasteiger partial charge in [0.15, 0.2) is 0 Å². The van der Waals surface area contributed by atoms with Crippen LogP contribution in [0.3, 0.4) is 0 Å². The number of anilines is 1. The van der Waals surface area contributed by atoms with Crippen LogP contribution in [0.15, 0.2) is 16.9 Å². The van der Waals surface area contributed by atoms with E-state index in [-0.39, 0.29) is 0 Å². The number of rotatable bonds is 6. The van der Waals surface area contributed by atoms with Crippen LogP contribution in [0, 0.1) is 5.92 Å². The number of aromatic nitrogens is 4. The molecule has 0 radical (unpaired) electrons. The summed E-state index contributed by atoms with van der Waals surface area (Å²) in [7, 11) is 1.70. The molecule has 20 heavy (non-hydrogen) atoms. The maximum absolute atomic E-state index is 5.04. The summed E-state index contributed by atoms with van der Waals surface area (Å²) in [6.07, 6.45) is 4.62. The van der Waals surface area contributed by atoms with Crippen LogP contribution in [-0.4, -0.2) is 45.9 Å². The van der Waals surface area contributed by atoms with E-state index in [9.17, 15) is 0 Å². The van der Waals surface area contributed by atoms with Crippen molar-refractivity contribution in [2.24, 2.45) is 5.92 Å². The molecule has 1 saturated heterocycles. The first-order valence-corrected chi connectivity index (χ1v) is 8.05. The lowest BCUT2D eigenvalue weighted by Crippen LogP contribution is -2.48. The van der Waals surface area contributed by atoms with E-state index < -0.39 is 0 Å². The van der Waals surface area contributed by atoms with Crippen molar-refractivity contribution in [3.63, 3.8) is 0 Å². The first-order chi connectivity index (χ1) is 9.74. The zero-order chi connectivity index (χ0) is 13.9. The van der Waals surface area contributed by atoms with Gasteiger partial charge in [0.05, 0.1) is 17.3 Å². The predicted molar refractivity (Wildman–Crippen MR) is 81.1 cm³/mol. The van der Waals surface area contributed by atoms with Gasteiger partial charge in [-0.25, -0.2) is 4.98 Å². The third kappa shape index (κ3) is 3.18. The number of hydrogen-bond acceptors (Lipinski definition) is 6. The van der Waals surface area contributed by atoms with E-state index in [0.717, 1.165) is 41.5 Å². The molecule has 8 heteroatoms. The third-order valence-electron chi connectivity index (χ3n) is 3.26. The molecule has 1 aliphatic heterocycles. The Balaban J connectivity index is 1.48. The molecule has 2 aromatic rings. The van der Waals surface area contributed by atoms with Gasteiger partial charge in [-0.3, -0.25) is 4.68 Å². The average Bonchev–Trinajstić information content (AvgIpc) is 3.00. The number of nitrogens with zero attached hydrogens (tertiary/aromatic N) is 5. The molecule has 3 heterocycles. The summed E-state index contributed by atoms with van der Waals surface area (Å²) < 4.78 is 12.4. The quantitative estimate of drug-likeness (QED) is 0.789. The molecule has 0 atom stereocenters. The molecule has 0 spiro atoms. The molecule has 0 bridgehead atoms. The minimum Gasteiger partial charge on any atom is -0.384 e. The molecule has 0 aliphatic carbocycles. The predicted octanol–water partition coefficient (Wildman–Crippen LogP) is 1.82. The molecule has 0 N–H and O–H groups in total. The topological polar surface area (TPSA) is 56.1 Å². The zero-order valence-electron chi connectivity index (χ0n) is 11.2. The van der Waals surface area contributed by atoms with E-state index in [2.05, 4.69) is 35.3 Å². The summed E-state index contributed by atoms with van der Waals surface area (Å²) in [5.41, 5.74) is 0. The third-order valence-corrected chi connectivity index (χ3v) is 4.49. The van der Waals surface area contributed by atoms with Crippen LogP contribution in [0.1, 0.15) is 5.82 Å². The van der Waals surface area contributed by atoms with Crippen molar-refractivity contribution >= 4 is 32.6 Å². The van der Waals surface area contributed by atoms with Gasteiger partial charge in [0, 0.05) is 56.8 Å². The highest BCUT2D eigenvalue weighted by atomic mass is 79.9. The Hall–Kier alpha value is -0.990. The standard InChI is InChI=1S/C12H16BrN5OS/c1-19-3-2-11-15-12(20-16-11)17-5-9(6-17)7-18-8-10(13)4-14-18/h4,8-9H,2-3,5-7H2,1H3. The number of hydrogen-bond donors (Lipinski definition) is 0. The first kappa shape index (κ1) is 14.0. The molecular weight excluding hydrogens is 342 g/mol. The summed E-state index contributed by atoms with van der Waals surface area (Å²) in [5.74, 6) is 1.51. The van der Waals surface area contributed by atoms with Gasteiger partial charge in [-0.05, 0) is 15.9 Å². The molecule has 2 aromatic heterocycles. The first-order valence-electron chi connectivity index (χ1n) is 6.49. The SMILES string of the molecule is COCCc1nsc(N2CC(Cn3cc(Br)cn3)C2)n1. The molecule has 6 nitrogen and oxygen atoms in total. The van der Waals surface area contributed by atoms with Gasteiger partial charge in [-0.2, -0.15) is 9.47 Å². The number of halogens is 1. The number of ether oxygens (including phenoxy) is 1. The minimum absolute atomic E-state index is 0.633. The molecular formula is C12H16BrN5OS. The molecule has 0 amide bonds. The molecule has 108 valence electrons. The van der Waals surface area contributed by atoms with Gasteiger partial charge in [0.1, 0.15) is 5.82 Å². The van der Waals surface area contributed by atoms with Gasteiger partial charge >= 0.3 is 0 Å². The second-order valence-corrected chi connectivity index (χ2v) is 6.53. The summed E-state index contributed by atoms with van der Waals surface area (Å²) in [6, 6.07) is 0. The Labute approximate surface area is 130 Å². The summed E-state index contributed by atoms with van der Waals surface area (Å²) in [4.78, 5) is 6.81. The van der Waals surface area contributed by atoms with Gasteiger partial charge in [0.2, 0.25) is 5.13 Å². The molecule has 0 aromatic carbocycles. The van der Waals surface area contributed by atoms with Crippen LogP contribution in [0.25, 0.3) is 0 Å². The van der Waals surface area contributed by atoms with Gasteiger partial charge in [-0.1, -0.05) is 0 Å². The largest absolute Gasteiger partial charge is 0.384 e. The fraction of sp³-hybridized carbons (Fsp3) is 0.583. The van der Waals surface area contributed by atoms with Gasteiger partial charge in [0.25, 0.3) is 0 Å². The lowest BCUT2D eigenvalue weighted by atomic mass is 10.0. The van der Waals surface area contributed by atoms with Crippen molar-refractivity contribution < 1.29 is 4.74 Å². The molecule has 0 saturated carbocycles. The van der Waals surface area contributed by atoms with Gasteiger partial charge in [-0.15, -0.1) is 0 Å². The minimum atomic E-state index is 0.633. The molecule has 3 rings (SSSR count). The second kappa shape index (κ2) is 6.19. The van der Waals surface area contributed by atoms with Crippen molar-refractivity contribution in [3.8, 4) is 0 Å². The van der Waals surface area contributed by atoms with Crippen molar-refractivity contribution in [2.45, 2.75) is 13.0 Å². The summed E-state index contributed by atoms with van der Waals surface area (Å²) >= 11 is 4.89. The Morgan fingerprint density at radius 3 is 3.05 bits per heavy atom. The smallest absolute Gasteiger partial charge is 0.205 e. The van der Waals surface area contributed by atoms with Crippen LogP contribution < -0.4 is 4.90 Å². The summed E-state index contributed by atoms with van der Waals surface area (Å²) in [5, 5.41) is 5.31.